The highest BCUT2D eigenvalue weighted by Crippen LogP contribution is 2.17. The number of carbonyl (C=O) groups is 1. The number of allylic oxidation sites excluding steroid dienone is 1. The number of anilines is 1. The predicted molar refractivity (Wildman–Crippen MR) is 69.4 cm³/mol. The van der Waals surface area contributed by atoms with Gasteiger partial charge in [-0.15, -0.1) is 0 Å². The summed E-state index contributed by atoms with van der Waals surface area (Å²) in [6.45, 7) is 0.637. The quantitative estimate of drug-likeness (QED) is 0.398. The van der Waals surface area contributed by atoms with Crippen LogP contribution in [0, 0.1) is 0 Å². The second kappa shape index (κ2) is 6.70. The van der Waals surface area contributed by atoms with Crippen molar-refractivity contribution in [2.45, 2.75) is 19.3 Å². The molecule has 5 N–H and O–H groups in total. The molecular formula is C13H18N2O2. The van der Waals surface area contributed by atoms with Crippen LogP contribution in [0.2, 0.25) is 0 Å². The van der Waals surface area contributed by atoms with Crippen LogP contribution in [0.1, 0.15) is 24.8 Å². The van der Waals surface area contributed by atoms with Crippen molar-refractivity contribution < 1.29 is 9.90 Å². The molecule has 0 fully saturated rings. The SMILES string of the molecule is NCCCC/C=C(/C(=O)O)c1ccc(N)cc1. The maximum Gasteiger partial charge on any atom is 0.335 e. The van der Waals surface area contributed by atoms with Gasteiger partial charge in [-0.25, -0.2) is 4.79 Å². The molecular weight excluding hydrogens is 216 g/mol. The summed E-state index contributed by atoms with van der Waals surface area (Å²) in [4.78, 5) is 11.1. The molecule has 0 aliphatic rings. The average Bonchev–Trinajstić information content (AvgIpc) is 2.30. The van der Waals surface area contributed by atoms with Crippen LogP contribution in [-0.4, -0.2) is 17.6 Å². The van der Waals surface area contributed by atoms with E-state index in [0.717, 1.165) is 19.3 Å². The van der Waals surface area contributed by atoms with Crippen molar-refractivity contribution >= 4 is 17.2 Å². The number of nitrogen functional groups attached to an aromatic ring is 1. The number of carboxylic acid groups (broad SMARTS) is 1. The Balaban J connectivity index is 2.78. The largest absolute Gasteiger partial charge is 0.478 e. The van der Waals surface area contributed by atoms with Gasteiger partial charge in [-0.05, 0) is 43.5 Å². The highest BCUT2D eigenvalue weighted by molar-refractivity contribution is 6.15. The zero-order chi connectivity index (χ0) is 12.7. The van der Waals surface area contributed by atoms with Crippen LogP contribution < -0.4 is 11.5 Å². The minimum absolute atomic E-state index is 0.321. The third-order valence-corrected chi connectivity index (χ3v) is 2.46. The van der Waals surface area contributed by atoms with Gasteiger partial charge in [0.1, 0.15) is 0 Å². The Morgan fingerprint density at radius 1 is 1.24 bits per heavy atom. The van der Waals surface area contributed by atoms with E-state index in [1.165, 1.54) is 0 Å². The number of unbranched alkanes of at least 4 members (excludes halogenated alkanes) is 2. The normalized spacial score (nSPS) is 11.5. The number of aliphatic carboxylic acids is 1. The summed E-state index contributed by atoms with van der Waals surface area (Å²) in [5.41, 5.74) is 12.6. The van der Waals surface area contributed by atoms with Crippen molar-refractivity contribution in [3.05, 3.63) is 35.9 Å². The summed E-state index contributed by atoms with van der Waals surface area (Å²) in [7, 11) is 0. The van der Waals surface area contributed by atoms with Crippen LogP contribution in [0.5, 0.6) is 0 Å². The lowest BCUT2D eigenvalue weighted by Gasteiger charge is -2.03. The zero-order valence-electron chi connectivity index (χ0n) is 9.73. The Bertz CT molecular complexity index is 396. The molecule has 0 radical (unpaired) electrons. The van der Waals surface area contributed by atoms with Gasteiger partial charge in [0.15, 0.2) is 0 Å². The van der Waals surface area contributed by atoms with Gasteiger partial charge in [0.2, 0.25) is 0 Å². The number of hydrogen-bond acceptors (Lipinski definition) is 3. The van der Waals surface area contributed by atoms with Crippen molar-refractivity contribution in [3.8, 4) is 0 Å². The van der Waals surface area contributed by atoms with E-state index >= 15 is 0 Å². The first kappa shape index (κ1) is 13.3. The summed E-state index contributed by atoms with van der Waals surface area (Å²) in [6.07, 6.45) is 4.28. The molecule has 0 spiro atoms. The summed E-state index contributed by atoms with van der Waals surface area (Å²) in [5.74, 6) is -0.914. The first-order valence-corrected chi connectivity index (χ1v) is 5.64. The van der Waals surface area contributed by atoms with E-state index in [2.05, 4.69) is 0 Å². The second-order valence-electron chi connectivity index (χ2n) is 3.83. The van der Waals surface area contributed by atoms with Crippen molar-refractivity contribution in [2.24, 2.45) is 5.73 Å². The Morgan fingerprint density at radius 2 is 1.88 bits per heavy atom. The fourth-order valence-corrected chi connectivity index (χ4v) is 1.53. The van der Waals surface area contributed by atoms with Crippen molar-refractivity contribution in [1.82, 2.24) is 0 Å². The summed E-state index contributed by atoms with van der Waals surface area (Å²) in [6, 6.07) is 6.84. The molecule has 4 nitrogen and oxygen atoms in total. The van der Waals surface area contributed by atoms with Gasteiger partial charge in [0.25, 0.3) is 0 Å². The van der Waals surface area contributed by atoms with Gasteiger partial charge >= 0.3 is 5.97 Å². The maximum atomic E-state index is 11.1. The summed E-state index contributed by atoms with van der Waals surface area (Å²) in [5, 5.41) is 9.13. The number of hydrogen-bond donors (Lipinski definition) is 3. The number of benzene rings is 1. The predicted octanol–water partition coefficient (Wildman–Crippen LogP) is 1.87. The Labute approximate surface area is 101 Å². The van der Waals surface area contributed by atoms with E-state index < -0.39 is 5.97 Å². The van der Waals surface area contributed by atoms with Crippen molar-refractivity contribution in [2.75, 3.05) is 12.3 Å². The second-order valence-corrected chi connectivity index (χ2v) is 3.83. The molecule has 0 aromatic heterocycles. The Kier molecular flexibility index (Phi) is 5.23. The number of nitrogens with two attached hydrogens (primary N) is 2. The van der Waals surface area contributed by atoms with Gasteiger partial charge in [-0.3, -0.25) is 0 Å². The van der Waals surface area contributed by atoms with E-state index in [1.807, 2.05) is 0 Å². The van der Waals surface area contributed by atoms with Gasteiger partial charge < -0.3 is 16.6 Å². The molecule has 1 rings (SSSR count). The lowest BCUT2D eigenvalue weighted by Crippen LogP contribution is -2.01. The molecule has 0 amide bonds. The molecule has 0 saturated carbocycles. The Morgan fingerprint density at radius 3 is 2.41 bits per heavy atom. The first-order chi connectivity index (χ1) is 8.15. The Hall–Kier alpha value is -1.81. The highest BCUT2D eigenvalue weighted by Gasteiger charge is 2.09. The molecule has 0 aliphatic carbocycles. The van der Waals surface area contributed by atoms with Crippen molar-refractivity contribution in [1.29, 1.82) is 0 Å². The van der Waals surface area contributed by atoms with Gasteiger partial charge in [-0.1, -0.05) is 18.2 Å². The van der Waals surface area contributed by atoms with E-state index in [1.54, 1.807) is 30.3 Å². The monoisotopic (exact) mass is 234 g/mol. The third-order valence-electron chi connectivity index (χ3n) is 2.46. The van der Waals surface area contributed by atoms with Crippen LogP contribution >= 0.6 is 0 Å². The molecule has 4 heteroatoms. The molecule has 92 valence electrons. The molecule has 17 heavy (non-hydrogen) atoms. The van der Waals surface area contributed by atoms with E-state index in [9.17, 15) is 4.79 Å². The molecule has 1 aromatic rings. The van der Waals surface area contributed by atoms with E-state index in [4.69, 9.17) is 16.6 Å². The van der Waals surface area contributed by atoms with Crippen LogP contribution in [0.4, 0.5) is 5.69 Å². The summed E-state index contributed by atoms with van der Waals surface area (Å²) >= 11 is 0. The smallest absolute Gasteiger partial charge is 0.335 e. The van der Waals surface area contributed by atoms with E-state index in [-0.39, 0.29) is 0 Å². The molecule has 0 bridgehead atoms. The van der Waals surface area contributed by atoms with Crippen molar-refractivity contribution in [3.63, 3.8) is 0 Å². The van der Waals surface area contributed by atoms with Crippen LogP contribution in [0.3, 0.4) is 0 Å². The minimum atomic E-state index is -0.914. The van der Waals surface area contributed by atoms with Crippen LogP contribution in [-0.2, 0) is 4.79 Å². The van der Waals surface area contributed by atoms with Crippen LogP contribution in [0.25, 0.3) is 5.57 Å². The zero-order valence-corrected chi connectivity index (χ0v) is 9.73. The fourth-order valence-electron chi connectivity index (χ4n) is 1.53. The first-order valence-electron chi connectivity index (χ1n) is 5.64. The lowest BCUT2D eigenvalue weighted by molar-refractivity contribution is -0.130. The summed E-state index contributed by atoms with van der Waals surface area (Å²) < 4.78 is 0. The highest BCUT2D eigenvalue weighted by atomic mass is 16.4. The molecule has 0 heterocycles. The average molecular weight is 234 g/mol. The molecule has 0 atom stereocenters. The number of rotatable bonds is 6. The van der Waals surface area contributed by atoms with Gasteiger partial charge in [0, 0.05) is 5.69 Å². The van der Waals surface area contributed by atoms with Crippen LogP contribution in [0.15, 0.2) is 30.3 Å². The van der Waals surface area contributed by atoms with Gasteiger partial charge in [-0.2, -0.15) is 0 Å². The standard InChI is InChI=1S/C13H18N2O2/c14-9-3-1-2-4-12(13(16)17)10-5-7-11(15)8-6-10/h4-8H,1-3,9,14-15H2,(H,16,17)/b12-4+. The lowest BCUT2D eigenvalue weighted by atomic mass is 10.0. The topological polar surface area (TPSA) is 89.3 Å². The third kappa shape index (κ3) is 4.28. The molecule has 0 aliphatic heterocycles. The maximum absolute atomic E-state index is 11.1. The molecule has 0 saturated heterocycles. The molecule has 0 unspecified atom stereocenters. The minimum Gasteiger partial charge on any atom is -0.478 e. The van der Waals surface area contributed by atoms with Gasteiger partial charge in [0.05, 0.1) is 5.57 Å². The molecule has 1 aromatic carbocycles. The fraction of sp³-hybridized carbons (Fsp3) is 0.308. The number of carboxylic acids is 1. The van der Waals surface area contributed by atoms with E-state index in [0.29, 0.717) is 23.4 Å².